The van der Waals surface area contributed by atoms with Crippen molar-refractivity contribution >= 4 is 43.3 Å². The molecule has 2 saturated heterocycles. The first-order valence-electron chi connectivity index (χ1n) is 11.3. The summed E-state index contributed by atoms with van der Waals surface area (Å²) in [7, 11) is -3.42. The summed E-state index contributed by atoms with van der Waals surface area (Å²) in [6.07, 6.45) is 9.66. The lowest BCUT2D eigenvalue weighted by Gasteiger charge is -2.55. The van der Waals surface area contributed by atoms with Crippen molar-refractivity contribution in [1.29, 1.82) is 0 Å². The highest BCUT2D eigenvalue weighted by atomic mass is 32.2. The third-order valence-electron chi connectivity index (χ3n) is 6.69. The predicted molar refractivity (Wildman–Crippen MR) is 133 cm³/mol. The van der Waals surface area contributed by atoms with Crippen molar-refractivity contribution in [3.63, 3.8) is 0 Å². The quantitative estimate of drug-likeness (QED) is 0.446. The van der Waals surface area contributed by atoms with Gasteiger partial charge >= 0.3 is 0 Å². The van der Waals surface area contributed by atoms with Gasteiger partial charge in [-0.25, -0.2) is 23.4 Å². The second-order valence-corrected chi connectivity index (χ2v) is 13.3. The van der Waals surface area contributed by atoms with Crippen molar-refractivity contribution in [3.8, 4) is 0 Å². The molecule has 2 aliphatic heterocycles. The minimum Gasteiger partial charge on any atom is -0.315 e. The number of rotatable bonds is 9. The van der Waals surface area contributed by atoms with Crippen molar-refractivity contribution in [2.24, 2.45) is 11.3 Å². The van der Waals surface area contributed by atoms with Crippen LogP contribution in [0.3, 0.4) is 0 Å². The molecule has 176 valence electrons. The van der Waals surface area contributed by atoms with Crippen LogP contribution < -0.4 is 5.32 Å². The molecule has 0 unspecified atom stereocenters. The number of thioether (sulfide) groups is 1. The van der Waals surface area contributed by atoms with Gasteiger partial charge in [0.05, 0.1) is 20.1 Å². The summed E-state index contributed by atoms with van der Waals surface area (Å²) in [5.74, 6) is 1.44. The lowest BCUT2D eigenvalue weighted by atomic mass is 9.76. The molecule has 0 radical (unpaired) electrons. The largest absolute Gasteiger partial charge is 0.315 e. The maximum absolute atomic E-state index is 13.0. The molecule has 1 aromatic carbocycles. The Morgan fingerprint density at radius 1 is 1.18 bits per heavy atom. The highest BCUT2D eigenvalue weighted by Gasteiger charge is 2.51. The molecule has 2 fully saturated rings. The maximum Gasteiger partial charge on any atom is 0.243 e. The molecule has 0 aliphatic carbocycles. The van der Waals surface area contributed by atoms with E-state index in [-0.39, 0.29) is 5.41 Å². The Morgan fingerprint density at radius 2 is 1.91 bits per heavy atom. The van der Waals surface area contributed by atoms with Crippen molar-refractivity contribution in [3.05, 3.63) is 41.4 Å². The summed E-state index contributed by atoms with van der Waals surface area (Å²) < 4.78 is 28.6. The van der Waals surface area contributed by atoms with Crippen LogP contribution in [0.15, 0.2) is 40.4 Å². The van der Waals surface area contributed by atoms with Crippen LogP contribution in [0.2, 0.25) is 0 Å². The molecule has 10 heteroatoms. The van der Waals surface area contributed by atoms with E-state index < -0.39 is 10.0 Å². The van der Waals surface area contributed by atoms with Crippen LogP contribution in [0, 0.1) is 11.3 Å². The Bertz CT molecular complexity index is 1230. The zero-order valence-corrected chi connectivity index (χ0v) is 21.4. The Hall–Kier alpha value is -1.59. The van der Waals surface area contributed by atoms with Crippen LogP contribution >= 0.6 is 23.1 Å². The number of benzene rings is 1. The van der Waals surface area contributed by atoms with Crippen LogP contribution in [0.4, 0.5) is 0 Å². The summed E-state index contributed by atoms with van der Waals surface area (Å²) in [6, 6.07) is 5.35. The normalized spacial score (nSPS) is 18.8. The molecule has 1 N–H and O–H groups in total. The van der Waals surface area contributed by atoms with Crippen LogP contribution in [-0.2, 0) is 22.9 Å². The summed E-state index contributed by atoms with van der Waals surface area (Å²) in [4.78, 5) is 15.1. The molecule has 0 amide bonds. The molecule has 3 aromatic rings. The third-order valence-corrected chi connectivity index (χ3v) is 10.2. The Kier molecular flexibility index (Phi) is 6.47. The first-order valence-corrected chi connectivity index (χ1v) is 14.8. The molecule has 1 atom stereocenters. The number of sulfonamides is 1. The van der Waals surface area contributed by atoms with Crippen molar-refractivity contribution in [2.75, 3.05) is 32.4 Å². The fourth-order valence-corrected chi connectivity index (χ4v) is 7.52. The number of hydrogen-bond acceptors (Lipinski definition) is 8. The monoisotopic (exact) mass is 503 g/mol. The number of thiazole rings is 1. The number of nitrogens with zero attached hydrogens (tertiary/aromatic N) is 4. The minimum absolute atomic E-state index is 0.176. The van der Waals surface area contributed by atoms with Gasteiger partial charge in [0.25, 0.3) is 0 Å². The smallest absolute Gasteiger partial charge is 0.243 e. The van der Waals surface area contributed by atoms with Crippen molar-refractivity contribution < 1.29 is 8.42 Å². The Labute approximate surface area is 203 Å². The van der Waals surface area contributed by atoms with Gasteiger partial charge in [-0.2, -0.15) is 4.31 Å². The maximum atomic E-state index is 13.0. The van der Waals surface area contributed by atoms with E-state index in [1.54, 1.807) is 39.5 Å². The zero-order valence-electron chi connectivity index (χ0n) is 19.0. The van der Waals surface area contributed by atoms with Gasteiger partial charge in [0.15, 0.2) is 0 Å². The fourth-order valence-electron chi connectivity index (χ4n) is 4.41. The van der Waals surface area contributed by atoms with Gasteiger partial charge in [0, 0.05) is 55.3 Å². The predicted octanol–water partition coefficient (Wildman–Crippen LogP) is 3.60. The highest BCUT2D eigenvalue weighted by Crippen LogP contribution is 2.38. The minimum atomic E-state index is -3.42. The molecule has 33 heavy (non-hydrogen) atoms. The van der Waals surface area contributed by atoms with E-state index >= 15 is 0 Å². The van der Waals surface area contributed by atoms with E-state index in [2.05, 4.69) is 22.2 Å². The number of aryl methyl sites for hydroxylation is 2. The van der Waals surface area contributed by atoms with Gasteiger partial charge < -0.3 is 5.32 Å². The molecule has 2 aliphatic rings. The van der Waals surface area contributed by atoms with Gasteiger partial charge in [0.1, 0.15) is 5.82 Å². The van der Waals surface area contributed by atoms with Crippen LogP contribution in [0.1, 0.15) is 30.6 Å². The highest BCUT2D eigenvalue weighted by molar-refractivity contribution is 7.98. The Balaban J connectivity index is 1.17. The number of aromatic nitrogens is 3. The number of hydrogen-bond donors (Lipinski definition) is 1. The molecule has 0 saturated carbocycles. The van der Waals surface area contributed by atoms with E-state index in [1.165, 1.54) is 0 Å². The number of fused-ring (bicyclic) bond motifs is 1. The average Bonchev–Trinajstić information content (AvgIpc) is 3.16. The SMILES string of the molecule is CSc1cnc(CC[C@H](C)CCc2nc3ccc(S(=O)(=O)N4CC5(CNC5)C4)cc3s2)nc1. The van der Waals surface area contributed by atoms with Crippen molar-refractivity contribution in [1.82, 2.24) is 24.6 Å². The van der Waals surface area contributed by atoms with E-state index in [0.717, 1.165) is 64.7 Å². The fraction of sp³-hybridized carbons (Fsp3) is 0.522. The van der Waals surface area contributed by atoms with E-state index in [9.17, 15) is 8.42 Å². The second-order valence-electron chi connectivity index (χ2n) is 9.34. The van der Waals surface area contributed by atoms with E-state index in [4.69, 9.17) is 4.98 Å². The second kappa shape index (κ2) is 9.22. The number of nitrogens with one attached hydrogen (secondary N) is 1. The van der Waals surface area contributed by atoms with E-state index in [1.807, 2.05) is 24.7 Å². The summed E-state index contributed by atoms with van der Waals surface area (Å²) in [6.45, 7) is 5.35. The lowest BCUT2D eigenvalue weighted by molar-refractivity contribution is 0.0164. The molecule has 2 aromatic heterocycles. The van der Waals surface area contributed by atoms with Crippen LogP contribution in [0.5, 0.6) is 0 Å². The van der Waals surface area contributed by atoms with Crippen LogP contribution in [-0.4, -0.2) is 60.1 Å². The van der Waals surface area contributed by atoms with Gasteiger partial charge in [-0.3, -0.25) is 0 Å². The first-order chi connectivity index (χ1) is 15.9. The molecule has 5 rings (SSSR count). The van der Waals surface area contributed by atoms with Crippen molar-refractivity contribution in [2.45, 2.75) is 42.4 Å². The summed E-state index contributed by atoms with van der Waals surface area (Å²) in [5.41, 5.74) is 1.06. The Morgan fingerprint density at radius 3 is 2.58 bits per heavy atom. The molecule has 7 nitrogen and oxygen atoms in total. The van der Waals surface area contributed by atoms with Crippen LogP contribution in [0.25, 0.3) is 10.2 Å². The molecule has 4 heterocycles. The molecular weight excluding hydrogens is 474 g/mol. The first kappa shape index (κ1) is 23.2. The van der Waals surface area contributed by atoms with Gasteiger partial charge in [-0.15, -0.1) is 23.1 Å². The van der Waals surface area contributed by atoms with Gasteiger partial charge in [0.2, 0.25) is 10.0 Å². The van der Waals surface area contributed by atoms with Gasteiger partial charge in [-0.05, 0) is 49.6 Å². The molecular formula is C23H29N5O2S3. The summed E-state index contributed by atoms with van der Waals surface area (Å²) >= 11 is 3.26. The average molecular weight is 504 g/mol. The van der Waals surface area contributed by atoms with Gasteiger partial charge in [-0.1, -0.05) is 6.92 Å². The standard InChI is InChI=1S/C23H29N5O2S3/c1-16(3-7-21-25-10-17(31-2)11-26-21)4-8-22-27-19-6-5-18(9-20(19)32-22)33(29,30)28-14-23(15-28)12-24-13-23/h5-6,9-11,16,24H,3-4,7-8,12-15H2,1-2H3/t16-/m0/s1. The summed E-state index contributed by atoms with van der Waals surface area (Å²) in [5, 5.41) is 4.31. The third kappa shape index (κ3) is 4.81. The molecule has 1 spiro atoms. The zero-order chi connectivity index (χ0) is 23.1. The van der Waals surface area contributed by atoms with E-state index in [0.29, 0.717) is 23.9 Å². The molecule has 0 bridgehead atoms. The topological polar surface area (TPSA) is 88.1 Å². The lowest BCUT2D eigenvalue weighted by Crippen LogP contribution is -2.71.